The first-order chi connectivity index (χ1) is 14.0. The lowest BCUT2D eigenvalue weighted by molar-refractivity contribution is 0.295. The van der Waals surface area contributed by atoms with Gasteiger partial charge in [-0.1, -0.05) is 58.1 Å². The maximum Gasteiger partial charge on any atom is 0.150 e. The van der Waals surface area contributed by atoms with Gasteiger partial charge in [-0.15, -0.1) is 0 Å². The summed E-state index contributed by atoms with van der Waals surface area (Å²) in [6, 6.07) is 13.9. The van der Waals surface area contributed by atoms with Gasteiger partial charge in [0.05, 0.1) is 5.69 Å². The van der Waals surface area contributed by atoms with Crippen LogP contribution in [0.3, 0.4) is 0 Å². The number of nitrogen functional groups attached to an aromatic ring is 2. The molecule has 0 radical (unpaired) electrons. The van der Waals surface area contributed by atoms with Crippen molar-refractivity contribution in [2.75, 3.05) is 11.5 Å². The molecule has 1 unspecified atom stereocenters. The van der Waals surface area contributed by atoms with Crippen LogP contribution in [-0.4, -0.2) is 0 Å². The quantitative estimate of drug-likeness (QED) is 0.432. The second kappa shape index (κ2) is 10.6. The summed E-state index contributed by atoms with van der Waals surface area (Å²) in [6.07, 6.45) is 12.4. The van der Waals surface area contributed by atoms with Crippen LogP contribution < -0.4 is 16.2 Å². The molecule has 0 aromatic heterocycles. The monoisotopic (exact) mass is 394 g/mol. The van der Waals surface area contributed by atoms with Crippen LogP contribution in [0.5, 0.6) is 11.5 Å². The van der Waals surface area contributed by atoms with E-state index in [9.17, 15) is 0 Å². The summed E-state index contributed by atoms with van der Waals surface area (Å²) in [6.45, 7) is 4.71. The first-order valence-corrected chi connectivity index (χ1v) is 11.5. The Kier molecular flexibility index (Phi) is 7.85. The Balaban J connectivity index is 1.45. The normalized spacial score (nSPS) is 20.3. The van der Waals surface area contributed by atoms with Gasteiger partial charge in [0.15, 0.2) is 0 Å². The van der Waals surface area contributed by atoms with E-state index in [2.05, 4.69) is 38.1 Å². The molecule has 4 N–H and O–H groups in total. The zero-order valence-corrected chi connectivity index (χ0v) is 18.2. The molecule has 3 rings (SSSR count). The zero-order valence-electron chi connectivity index (χ0n) is 18.2. The summed E-state index contributed by atoms with van der Waals surface area (Å²) in [5.41, 5.74) is 14.4. The standard InChI is InChI=1S/C26H38N2O/c1-3-5-19(2)6-4-7-20-8-10-21(11-9-20)22-12-15-24(16-13-22)29-26-17-14-23(27)18-25(26)28/h12-21H,3-11,27-28H2,1-2H3. The molecule has 1 aliphatic carbocycles. The van der Waals surface area contributed by atoms with Crippen molar-refractivity contribution in [3.05, 3.63) is 48.0 Å². The minimum Gasteiger partial charge on any atom is -0.455 e. The maximum atomic E-state index is 5.99. The lowest BCUT2D eigenvalue weighted by Gasteiger charge is -2.29. The molecule has 0 saturated heterocycles. The van der Waals surface area contributed by atoms with Crippen molar-refractivity contribution in [3.63, 3.8) is 0 Å². The van der Waals surface area contributed by atoms with Crippen LogP contribution in [0.25, 0.3) is 0 Å². The number of rotatable bonds is 9. The first kappa shape index (κ1) is 21.5. The SMILES string of the molecule is CCCC(C)CCCC1CCC(c2ccc(Oc3ccc(N)cc3N)cc2)CC1. The number of nitrogens with two attached hydrogens (primary N) is 2. The van der Waals surface area contributed by atoms with Crippen LogP contribution in [0, 0.1) is 11.8 Å². The fourth-order valence-corrected chi connectivity index (χ4v) is 4.77. The average molecular weight is 395 g/mol. The summed E-state index contributed by atoms with van der Waals surface area (Å²) < 4.78 is 5.92. The van der Waals surface area contributed by atoms with Gasteiger partial charge in [0.1, 0.15) is 11.5 Å². The number of hydrogen-bond acceptors (Lipinski definition) is 3. The van der Waals surface area contributed by atoms with Gasteiger partial charge in [0.25, 0.3) is 0 Å². The van der Waals surface area contributed by atoms with Crippen LogP contribution in [0.4, 0.5) is 11.4 Å². The van der Waals surface area contributed by atoms with Gasteiger partial charge in [0, 0.05) is 5.69 Å². The predicted molar refractivity (Wildman–Crippen MR) is 124 cm³/mol. The minimum atomic E-state index is 0.566. The van der Waals surface area contributed by atoms with Crippen LogP contribution >= 0.6 is 0 Å². The Labute approximate surface area is 176 Å². The fourth-order valence-electron chi connectivity index (χ4n) is 4.77. The molecular formula is C26H38N2O. The molecule has 1 fully saturated rings. The molecule has 2 aromatic carbocycles. The van der Waals surface area contributed by atoms with Crippen molar-refractivity contribution in [2.24, 2.45) is 11.8 Å². The second-order valence-corrected chi connectivity index (χ2v) is 9.01. The maximum absolute atomic E-state index is 5.99. The van der Waals surface area contributed by atoms with Gasteiger partial charge in [0.2, 0.25) is 0 Å². The van der Waals surface area contributed by atoms with E-state index in [0.29, 0.717) is 23.0 Å². The topological polar surface area (TPSA) is 61.3 Å². The first-order valence-electron chi connectivity index (χ1n) is 11.5. The van der Waals surface area contributed by atoms with Gasteiger partial charge < -0.3 is 16.2 Å². The highest BCUT2D eigenvalue weighted by Gasteiger charge is 2.22. The van der Waals surface area contributed by atoms with Gasteiger partial charge >= 0.3 is 0 Å². The Hall–Kier alpha value is -2.16. The molecule has 1 atom stereocenters. The van der Waals surface area contributed by atoms with E-state index in [1.165, 1.54) is 63.4 Å². The number of ether oxygens (including phenoxy) is 1. The van der Waals surface area contributed by atoms with E-state index in [1.807, 2.05) is 12.1 Å². The van der Waals surface area contributed by atoms with E-state index < -0.39 is 0 Å². The molecule has 2 aromatic rings. The Morgan fingerprint density at radius 2 is 1.69 bits per heavy atom. The highest BCUT2D eigenvalue weighted by molar-refractivity contribution is 5.61. The molecule has 158 valence electrons. The molecule has 0 bridgehead atoms. The second-order valence-electron chi connectivity index (χ2n) is 9.01. The summed E-state index contributed by atoms with van der Waals surface area (Å²) >= 11 is 0. The van der Waals surface area contributed by atoms with E-state index in [4.69, 9.17) is 16.2 Å². The van der Waals surface area contributed by atoms with Crippen LogP contribution in [0.2, 0.25) is 0 Å². The van der Waals surface area contributed by atoms with Crippen molar-refractivity contribution >= 4 is 11.4 Å². The summed E-state index contributed by atoms with van der Waals surface area (Å²) in [5.74, 6) is 4.01. The third-order valence-corrected chi connectivity index (χ3v) is 6.55. The van der Waals surface area contributed by atoms with Crippen molar-refractivity contribution < 1.29 is 4.74 Å². The fraction of sp³-hybridized carbons (Fsp3) is 0.538. The largest absolute Gasteiger partial charge is 0.455 e. The van der Waals surface area contributed by atoms with E-state index in [-0.39, 0.29) is 0 Å². The Morgan fingerprint density at radius 1 is 0.966 bits per heavy atom. The lowest BCUT2D eigenvalue weighted by Crippen LogP contribution is -2.13. The van der Waals surface area contributed by atoms with Gasteiger partial charge in [-0.25, -0.2) is 0 Å². The zero-order chi connectivity index (χ0) is 20.6. The highest BCUT2D eigenvalue weighted by Crippen LogP contribution is 2.39. The van der Waals surface area contributed by atoms with Crippen molar-refractivity contribution in [1.29, 1.82) is 0 Å². The summed E-state index contributed by atoms with van der Waals surface area (Å²) in [5, 5.41) is 0. The molecular weight excluding hydrogens is 356 g/mol. The van der Waals surface area contributed by atoms with Crippen molar-refractivity contribution in [1.82, 2.24) is 0 Å². The number of anilines is 2. The average Bonchev–Trinajstić information content (AvgIpc) is 2.71. The highest BCUT2D eigenvalue weighted by atomic mass is 16.5. The minimum absolute atomic E-state index is 0.566. The molecule has 0 amide bonds. The van der Waals surface area contributed by atoms with Crippen LogP contribution in [-0.2, 0) is 0 Å². The molecule has 3 heteroatoms. The lowest BCUT2D eigenvalue weighted by atomic mass is 9.77. The molecule has 0 spiro atoms. The molecule has 1 saturated carbocycles. The number of hydrogen-bond donors (Lipinski definition) is 2. The van der Waals surface area contributed by atoms with Crippen LogP contribution in [0.15, 0.2) is 42.5 Å². The molecule has 3 nitrogen and oxygen atoms in total. The van der Waals surface area contributed by atoms with Crippen molar-refractivity contribution in [3.8, 4) is 11.5 Å². The summed E-state index contributed by atoms with van der Waals surface area (Å²) in [7, 11) is 0. The van der Waals surface area contributed by atoms with Gasteiger partial charge in [-0.2, -0.15) is 0 Å². The molecule has 1 aliphatic rings. The van der Waals surface area contributed by atoms with E-state index >= 15 is 0 Å². The number of benzene rings is 2. The predicted octanol–water partition coefficient (Wildman–Crippen LogP) is 7.52. The molecule has 0 aliphatic heterocycles. The van der Waals surface area contributed by atoms with Crippen LogP contribution in [0.1, 0.15) is 83.1 Å². The summed E-state index contributed by atoms with van der Waals surface area (Å²) in [4.78, 5) is 0. The third kappa shape index (κ3) is 6.42. The van der Waals surface area contributed by atoms with Crippen molar-refractivity contribution in [2.45, 2.75) is 77.6 Å². The Morgan fingerprint density at radius 3 is 2.34 bits per heavy atom. The smallest absolute Gasteiger partial charge is 0.150 e. The van der Waals surface area contributed by atoms with Gasteiger partial charge in [-0.3, -0.25) is 0 Å². The Bertz CT molecular complexity index is 748. The third-order valence-electron chi connectivity index (χ3n) is 6.55. The van der Waals surface area contributed by atoms with E-state index in [1.54, 1.807) is 6.07 Å². The van der Waals surface area contributed by atoms with Gasteiger partial charge in [-0.05, 0) is 79.3 Å². The molecule has 29 heavy (non-hydrogen) atoms. The molecule has 0 heterocycles. The van der Waals surface area contributed by atoms with E-state index in [0.717, 1.165) is 17.6 Å².